The fourth-order valence-electron chi connectivity index (χ4n) is 1.97. The first-order valence-electron chi connectivity index (χ1n) is 5.61. The van der Waals surface area contributed by atoms with Crippen molar-refractivity contribution in [2.75, 3.05) is 5.75 Å². The summed E-state index contributed by atoms with van der Waals surface area (Å²) in [5.41, 5.74) is 9.61. The molecule has 2 N–H and O–H groups in total. The number of thioether (sulfide) groups is 1. The molecule has 0 unspecified atom stereocenters. The summed E-state index contributed by atoms with van der Waals surface area (Å²) in [7, 11) is 2.10. The molecule has 2 aromatic rings. The first-order chi connectivity index (χ1) is 7.76. The van der Waals surface area contributed by atoms with E-state index in [9.17, 15) is 0 Å². The Morgan fingerprint density at radius 3 is 2.88 bits per heavy atom. The largest absolute Gasteiger partial charge is 0.350 e. The second-order valence-corrected chi connectivity index (χ2v) is 5.23. The van der Waals surface area contributed by atoms with Gasteiger partial charge < -0.3 is 10.3 Å². The number of benzene rings is 1. The standard InChI is InChI=1S/C13H18N2S/c1-3-16-9-11-8-15(2)13-5-4-10(7-14)6-12(11)13/h4-6,8H,3,7,9,14H2,1-2H3. The van der Waals surface area contributed by atoms with E-state index in [4.69, 9.17) is 5.73 Å². The van der Waals surface area contributed by atoms with E-state index in [1.165, 1.54) is 22.0 Å². The molecule has 0 fully saturated rings. The molecule has 2 nitrogen and oxygen atoms in total. The number of aryl methyl sites for hydroxylation is 1. The van der Waals surface area contributed by atoms with Crippen molar-refractivity contribution in [3.63, 3.8) is 0 Å². The third-order valence-electron chi connectivity index (χ3n) is 2.83. The molecular formula is C13H18N2S. The number of aromatic nitrogens is 1. The average Bonchev–Trinajstić information content (AvgIpc) is 2.63. The molecular weight excluding hydrogens is 216 g/mol. The maximum Gasteiger partial charge on any atom is 0.0481 e. The normalized spacial score (nSPS) is 11.2. The van der Waals surface area contributed by atoms with E-state index in [0.717, 1.165) is 11.5 Å². The fraction of sp³-hybridized carbons (Fsp3) is 0.385. The molecule has 0 atom stereocenters. The van der Waals surface area contributed by atoms with Crippen molar-refractivity contribution in [3.05, 3.63) is 35.5 Å². The smallest absolute Gasteiger partial charge is 0.0481 e. The molecule has 0 spiro atoms. The van der Waals surface area contributed by atoms with Crippen molar-refractivity contribution in [3.8, 4) is 0 Å². The lowest BCUT2D eigenvalue weighted by Gasteiger charge is -2.00. The van der Waals surface area contributed by atoms with Crippen LogP contribution >= 0.6 is 11.8 Å². The van der Waals surface area contributed by atoms with Crippen LogP contribution in [-0.4, -0.2) is 10.3 Å². The predicted molar refractivity (Wildman–Crippen MR) is 72.6 cm³/mol. The van der Waals surface area contributed by atoms with E-state index in [1.807, 2.05) is 11.8 Å². The van der Waals surface area contributed by atoms with Gasteiger partial charge >= 0.3 is 0 Å². The van der Waals surface area contributed by atoms with Crippen molar-refractivity contribution in [2.24, 2.45) is 12.8 Å². The summed E-state index contributed by atoms with van der Waals surface area (Å²) >= 11 is 1.96. The molecule has 16 heavy (non-hydrogen) atoms. The Kier molecular flexibility index (Phi) is 3.56. The van der Waals surface area contributed by atoms with Crippen LogP contribution in [0.5, 0.6) is 0 Å². The van der Waals surface area contributed by atoms with Gasteiger partial charge in [0, 0.05) is 36.4 Å². The summed E-state index contributed by atoms with van der Waals surface area (Å²) in [5.74, 6) is 2.24. The number of hydrogen-bond donors (Lipinski definition) is 1. The van der Waals surface area contributed by atoms with Gasteiger partial charge in [0.2, 0.25) is 0 Å². The number of nitrogens with two attached hydrogens (primary N) is 1. The third kappa shape index (κ3) is 2.11. The third-order valence-corrected chi connectivity index (χ3v) is 3.76. The van der Waals surface area contributed by atoms with E-state index in [-0.39, 0.29) is 0 Å². The monoisotopic (exact) mass is 234 g/mol. The van der Waals surface area contributed by atoms with Gasteiger partial charge in [-0.25, -0.2) is 0 Å². The van der Waals surface area contributed by atoms with Crippen molar-refractivity contribution in [2.45, 2.75) is 19.2 Å². The van der Waals surface area contributed by atoms with Gasteiger partial charge in [-0.1, -0.05) is 13.0 Å². The zero-order chi connectivity index (χ0) is 11.5. The first kappa shape index (κ1) is 11.6. The topological polar surface area (TPSA) is 30.9 Å². The van der Waals surface area contributed by atoms with Gasteiger partial charge in [0.15, 0.2) is 0 Å². The van der Waals surface area contributed by atoms with Crippen LogP contribution in [0.3, 0.4) is 0 Å². The van der Waals surface area contributed by atoms with Crippen LogP contribution in [0.25, 0.3) is 10.9 Å². The Labute approximate surface area is 101 Å². The van der Waals surface area contributed by atoms with Crippen LogP contribution < -0.4 is 5.73 Å². The lowest BCUT2D eigenvalue weighted by Crippen LogP contribution is -1.95. The van der Waals surface area contributed by atoms with Crippen LogP contribution in [-0.2, 0) is 19.3 Å². The summed E-state index contributed by atoms with van der Waals surface area (Å²) in [6, 6.07) is 6.50. The molecule has 0 aliphatic heterocycles. The number of rotatable bonds is 4. The summed E-state index contributed by atoms with van der Waals surface area (Å²) in [6.07, 6.45) is 2.23. The van der Waals surface area contributed by atoms with Crippen LogP contribution in [0.4, 0.5) is 0 Å². The van der Waals surface area contributed by atoms with Gasteiger partial charge in [-0.2, -0.15) is 11.8 Å². The summed E-state index contributed by atoms with van der Waals surface area (Å²) in [6.45, 7) is 2.81. The molecule has 0 radical (unpaired) electrons. The van der Waals surface area contributed by atoms with Crippen LogP contribution in [0.2, 0.25) is 0 Å². The highest BCUT2D eigenvalue weighted by Crippen LogP contribution is 2.25. The van der Waals surface area contributed by atoms with Crippen molar-refractivity contribution in [1.82, 2.24) is 4.57 Å². The minimum absolute atomic E-state index is 0.616. The van der Waals surface area contributed by atoms with Gasteiger partial charge in [-0.05, 0) is 29.0 Å². The van der Waals surface area contributed by atoms with Gasteiger partial charge in [0.05, 0.1) is 0 Å². The number of fused-ring (bicyclic) bond motifs is 1. The zero-order valence-corrected chi connectivity index (χ0v) is 10.7. The molecule has 0 amide bonds. The SMILES string of the molecule is CCSCc1cn(C)c2ccc(CN)cc12. The Morgan fingerprint density at radius 1 is 1.38 bits per heavy atom. The maximum atomic E-state index is 5.69. The minimum Gasteiger partial charge on any atom is -0.350 e. The first-order valence-corrected chi connectivity index (χ1v) is 6.76. The highest BCUT2D eigenvalue weighted by molar-refractivity contribution is 7.98. The van der Waals surface area contributed by atoms with Gasteiger partial charge in [0.1, 0.15) is 0 Å². The van der Waals surface area contributed by atoms with Gasteiger partial charge in [-0.3, -0.25) is 0 Å². The summed E-state index contributed by atoms with van der Waals surface area (Å²) < 4.78 is 2.20. The molecule has 0 saturated heterocycles. The van der Waals surface area contributed by atoms with E-state index >= 15 is 0 Å². The predicted octanol–water partition coefficient (Wildman–Crippen LogP) is 2.89. The summed E-state index contributed by atoms with van der Waals surface area (Å²) in [4.78, 5) is 0. The van der Waals surface area contributed by atoms with Crippen molar-refractivity contribution in [1.29, 1.82) is 0 Å². The molecule has 0 saturated carbocycles. The second-order valence-electron chi connectivity index (χ2n) is 3.96. The lowest BCUT2D eigenvalue weighted by atomic mass is 10.1. The Balaban J connectivity index is 2.47. The quantitative estimate of drug-likeness (QED) is 0.882. The van der Waals surface area contributed by atoms with Gasteiger partial charge in [-0.15, -0.1) is 0 Å². The Morgan fingerprint density at radius 2 is 2.19 bits per heavy atom. The van der Waals surface area contributed by atoms with E-state index in [1.54, 1.807) is 0 Å². The second kappa shape index (κ2) is 4.93. The van der Waals surface area contributed by atoms with Gasteiger partial charge in [0.25, 0.3) is 0 Å². The molecule has 1 aromatic heterocycles. The van der Waals surface area contributed by atoms with Crippen molar-refractivity contribution < 1.29 is 0 Å². The lowest BCUT2D eigenvalue weighted by molar-refractivity contribution is 0.962. The number of hydrogen-bond acceptors (Lipinski definition) is 2. The van der Waals surface area contributed by atoms with Crippen LogP contribution in [0, 0.1) is 0 Å². The molecule has 3 heteroatoms. The maximum absolute atomic E-state index is 5.69. The van der Waals surface area contributed by atoms with Crippen LogP contribution in [0.1, 0.15) is 18.1 Å². The van der Waals surface area contributed by atoms with E-state index in [2.05, 4.69) is 42.9 Å². The molecule has 0 bridgehead atoms. The molecule has 1 aromatic carbocycles. The zero-order valence-electron chi connectivity index (χ0n) is 9.86. The highest BCUT2D eigenvalue weighted by Gasteiger charge is 2.06. The highest BCUT2D eigenvalue weighted by atomic mass is 32.2. The molecule has 0 aliphatic carbocycles. The van der Waals surface area contributed by atoms with Crippen LogP contribution in [0.15, 0.2) is 24.4 Å². The Hall–Kier alpha value is -0.930. The number of nitrogens with zero attached hydrogens (tertiary/aromatic N) is 1. The molecule has 0 aliphatic rings. The summed E-state index contributed by atoms with van der Waals surface area (Å²) in [5, 5.41) is 1.35. The Bertz CT molecular complexity index is 488. The average molecular weight is 234 g/mol. The minimum atomic E-state index is 0.616. The molecule has 1 heterocycles. The van der Waals surface area contributed by atoms with E-state index in [0.29, 0.717) is 6.54 Å². The van der Waals surface area contributed by atoms with E-state index < -0.39 is 0 Å². The van der Waals surface area contributed by atoms with Crippen molar-refractivity contribution >= 4 is 22.7 Å². The molecule has 86 valence electrons. The molecule has 2 rings (SSSR count). The fourth-order valence-corrected chi connectivity index (χ4v) is 2.63.